The van der Waals surface area contributed by atoms with Crippen LogP contribution in [0.3, 0.4) is 0 Å². The molecule has 6 nitrogen and oxygen atoms in total. The van der Waals surface area contributed by atoms with Crippen LogP contribution < -0.4 is 19.9 Å². The second-order valence-corrected chi connectivity index (χ2v) is 8.71. The van der Waals surface area contributed by atoms with Gasteiger partial charge in [0, 0.05) is 55.9 Å². The molecule has 2 aliphatic rings. The number of fused-ring (bicyclic) bond motifs is 3. The molecule has 170 valence electrons. The molecule has 1 saturated heterocycles. The van der Waals surface area contributed by atoms with Crippen molar-refractivity contribution in [1.29, 1.82) is 0 Å². The van der Waals surface area contributed by atoms with E-state index in [4.69, 9.17) is 4.74 Å². The topological polar surface area (TPSA) is 57.7 Å². The number of ether oxygens (including phenoxy) is 1. The van der Waals surface area contributed by atoms with E-state index < -0.39 is 0 Å². The number of piperazine rings is 1. The van der Waals surface area contributed by atoms with Crippen molar-refractivity contribution >= 4 is 17.3 Å². The molecule has 3 heterocycles. The zero-order valence-corrected chi connectivity index (χ0v) is 19.0. The average Bonchev–Trinajstić information content (AvgIpc) is 2.88. The molecule has 0 spiro atoms. The Hall–Kier alpha value is -3.54. The standard InChI is InChI=1S/C27H30N4O2/c1-33-23-11-9-22(10-12-23)30-16-17-31-25-8-3-2-6-20(25)18-24(26(31)19-30)27(32)29-15-13-21-7-4-5-14-28-21/h2-12,14,24,26H,13,15-19H2,1H3,(H,29,32). The normalized spacial score (nSPS) is 19.4. The number of carbonyl (C=O) groups is 1. The highest BCUT2D eigenvalue weighted by atomic mass is 16.5. The number of carbonyl (C=O) groups excluding carboxylic acids is 1. The van der Waals surface area contributed by atoms with Crippen molar-refractivity contribution in [3.05, 3.63) is 84.2 Å². The molecule has 0 radical (unpaired) electrons. The first-order valence-corrected chi connectivity index (χ1v) is 11.6. The predicted molar refractivity (Wildman–Crippen MR) is 131 cm³/mol. The molecule has 0 aliphatic carbocycles. The first kappa shape index (κ1) is 21.3. The maximum absolute atomic E-state index is 13.4. The van der Waals surface area contributed by atoms with Crippen LogP contribution in [0.1, 0.15) is 11.3 Å². The van der Waals surface area contributed by atoms with Gasteiger partial charge >= 0.3 is 0 Å². The second-order valence-electron chi connectivity index (χ2n) is 8.71. The van der Waals surface area contributed by atoms with Crippen LogP contribution >= 0.6 is 0 Å². The van der Waals surface area contributed by atoms with Crippen molar-refractivity contribution in [2.45, 2.75) is 18.9 Å². The van der Waals surface area contributed by atoms with Gasteiger partial charge < -0.3 is 19.9 Å². The van der Waals surface area contributed by atoms with E-state index in [0.717, 1.165) is 43.9 Å². The van der Waals surface area contributed by atoms with E-state index in [-0.39, 0.29) is 17.9 Å². The van der Waals surface area contributed by atoms with Crippen LogP contribution in [0.2, 0.25) is 0 Å². The van der Waals surface area contributed by atoms with Crippen LogP contribution in [-0.2, 0) is 17.6 Å². The lowest BCUT2D eigenvalue weighted by molar-refractivity contribution is -0.125. The van der Waals surface area contributed by atoms with Crippen LogP contribution in [-0.4, -0.2) is 50.2 Å². The lowest BCUT2D eigenvalue weighted by Gasteiger charge is -2.49. The third-order valence-corrected chi connectivity index (χ3v) is 6.80. The van der Waals surface area contributed by atoms with Gasteiger partial charge in [-0.1, -0.05) is 24.3 Å². The van der Waals surface area contributed by atoms with Crippen molar-refractivity contribution in [3.63, 3.8) is 0 Å². The minimum absolute atomic E-state index is 0.0929. The van der Waals surface area contributed by atoms with Crippen molar-refractivity contribution in [1.82, 2.24) is 10.3 Å². The van der Waals surface area contributed by atoms with Crippen molar-refractivity contribution in [2.24, 2.45) is 5.92 Å². The Kier molecular flexibility index (Phi) is 6.15. The largest absolute Gasteiger partial charge is 0.497 e. The molecule has 3 aromatic rings. The molecule has 5 rings (SSSR count). The fourth-order valence-electron chi connectivity index (χ4n) is 5.08. The minimum Gasteiger partial charge on any atom is -0.497 e. The summed E-state index contributed by atoms with van der Waals surface area (Å²) < 4.78 is 5.32. The number of anilines is 2. The van der Waals surface area contributed by atoms with Crippen molar-refractivity contribution < 1.29 is 9.53 Å². The number of aromatic nitrogens is 1. The molecular weight excluding hydrogens is 412 g/mol. The number of nitrogens with zero attached hydrogens (tertiary/aromatic N) is 3. The Balaban J connectivity index is 1.33. The fourth-order valence-corrected chi connectivity index (χ4v) is 5.08. The van der Waals surface area contributed by atoms with Crippen LogP contribution in [0.5, 0.6) is 5.75 Å². The smallest absolute Gasteiger partial charge is 0.225 e. The first-order valence-electron chi connectivity index (χ1n) is 11.6. The number of pyridine rings is 1. The van der Waals surface area contributed by atoms with Gasteiger partial charge in [0.05, 0.1) is 19.1 Å². The number of hydrogen-bond donors (Lipinski definition) is 1. The van der Waals surface area contributed by atoms with Gasteiger partial charge in [-0.15, -0.1) is 0 Å². The Morgan fingerprint density at radius 1 is 1.06 bits per heavy atom. The molecule has 1 aromatic heterocycles. The second kappa shape index (κ2) is 9.53. The van der Waals surface area contributed by atoms with Gasteiger partial charge in [-0.3, -0.25) is 9.78 Å². The monoisotopic (exact) mass is 442 g/mol. The van der Waals surface area contributed by atoms with E-state index in [0.29, 0.717) is 6.54 Å². The minimum atomic E-state index is -0.0929. The van der Waals surface area contributed by atoms with Crippen LogP contribution in [0, 0.1) is 5.92 Å². The van der Waals surface area contributed by atoms with Crippen molar-refractivity contribution in [2.75, 3.05) is 43.1 Å². The summed E-state index contributed by atoms with van der Waals surface area (Å²) in [5, 5.41) is 3.19. The SMILES string of the molecule is COc1ccc(N2CCN3c4ccccc4CC(C(=O)NCCc4ccccn4)C3C2)cc1. The molecule has 1 fully saturated rings. The van der Waals surface area contributed by atoms with E-state index in [1.54, 1.807) is 13.3 Å². The van der Waals surface area contributed by atoms with Gasteiger partial charge in [0.1, 0.15) is 5.75 Å². The van der Waals surface area contributed by atoms with Crippen LogP contribution in [0.25, 0.3) is 0 Å². The number of nitrogens with one attached hydrogen (secondary N) is 1. The van der Waals surface area contributed by atoms with Gasteiger partial charge in [0.2, 0.25) is 5.91 Å². The summed E-state index contributed by atoms with van der Waals surface area (Å²) >= 11 is 0. The molecular formula is C27H30N4O2. The molecule has 1 amide bonds. The maximum atomic E-state index is 13.4. The first-order chi connectivity index (χ1) is 16.2. The highest BCUT2D eigenvalue weighted by Gasteiger charge is 2.41. The molecule has 0 saturated carbocycles. The molecule has 0 bridgehead atoms. The summed E-state index contributed by atoms with van der Waals surface area (Å²) in [4.78, 5) is 22.6. The number of methoxy groups -OCH3 is 1. The number of para-hydroxylation sites is 1. The highest BCUT2D eigenvalue weighted by Crippen LogP contribution is 2.37. The van der Waals surface area contributed by atoms with Gasteiger partial charge in [-0.25, -0.2) is 0 Å². The van der Waals surface area contributed by atoms with E-state index in [2.05, 4.69) is 56.5 Å². The Labute approximate surface area is 195 Å². The van der Waals surface area contributed by atoms with Crippen LogP contribution in [0.15, 0.2) is 72.9 Å². The highest BCUT2D eigenvalue weighted by molar-refractivity contribution is 5.82. The number of amides is 1. The predicted octanol–water partition coefficient (Wildman–Crippen LogP) is 3.32. The third-order valence-electron chi connectivity index (χ3n) is 6.80. The molecule has 6 heteroatoms. The molecule has 2 atom stereocenters. The van der Waals surface area contributed by atoms with Crippen LogP contribution in [0.4, 0.5) is 11.4 Å². The number of benzene rings is 2. The van der Waals surface area contributed by atoms with Gasteiger partial charge in [0.15, 0.2) is 0 Å². The molecule has 2 aromatic carbocycles. The molecule has 2 unspecified atom stereocenters. The molecule has 1 N–H and O–H groups in total. The molecule has 33 heavy (non-hydrogen) atoms. The Morgan fingerprint density at radius 2 is 1.88 bits per heavy atom. The van der Waals surface area contributed by atoms with Crippen molar-refractivity contribution in [3.8, 4) is 5.75 Å². The fraction of sp³-hybridized carbons (Fsp3) is 0.333. The summed E-state index contributed by atoms with van der Waals surface area (Å²) in [6.07, 6.45) is 3.30. The lowest BCUT2D eigenvalue weighted by Crippen LogP contribution is -2.61. The zero-order valence-electron chi connectivity index (χ0n) is 19.0. The van der Waals surface area contributed by atoms with E-state index in [1.165, 1.54) is 16.9 Å². The summed E-state index contributed by atoms with van der Waals surface area (Å²) in [5.74, 6) is 0.894. The zero-order chi connectivity index (χ0) is 22.6. The van der Waals surface area contributed by atoms with E-state index in [1.807, 2.05) is 30.3 Å². The van der Waals surface area contributed by atoms with Gasteiger partial charge in [-0.2, -0.15) is 0 Å². The summed E-state index contributed by atoms with van der Waals surface area (Å²) in [6, 6.07) is 22.8. The average molecular weight is 443 g/mol. The Bertz CT molecular complexity index is 1090. The summed E-state index contributed by atoms with van der Waals surface area (Å²) in [6.45, 7) is 3.23. The summed E-state index contributed by atoms with van der Waals surface area (Å²) in [5.41, 5.74) is 4.70. The quantitative estimate of drug-likeness (QED) is 0.635. The van der Waals surface area contributed by atoms with E-state index in [9.17, 15) is 4.79 Å². The summed E-state index contributed by atoms with van der Waals surface area (Å²) in [7, 11) is 1.68. The van der Waals surface area contributed by atoms with Gasteiger partial charge in [0.25, 0.3) is 0 Å². The van der Waals surface area contributed by atoms with E-state index >= 15 is 0 Å². The van der Waals surface area contributed by atoms with Gasteiger partial charge in [-0.05, 0) is 54.4 Å². The Morgan fingerprint density at radius 3 is 2.67 bits per heavy atom. The lowest BCUT2D eigenvalue weighted by atomic mass is 9.83. The maximum Gasteiger partial charge on any atom is 0.225 e. The number of rotatable bonds is 6. The molecule has 2 aliphatic heterocycles. The third kappa shape index (κ3) is 4.51. The number of hydrogen-bond acceptors (Lipinski definition) is 5.